The van der Waals surface area contributed by atoms with E-state index >= 15 is 0 Å². The van der Waals surface area contributed by atoms with E-state index in [0.717, 1.165) is 0 Å². The van der Waals surface area contributed by atoms with Crippen LogP contribution >= 0.6 is 46.2 Å². The van der Waals surface area contributed by atoms with Crippen molar-refractivity contribution >= 4 is 91.4 Å². The molecule has 6 aromatic rings. The molecule has 4 aromatic heterocycles. The first-order chi connectivity index (χ1) is 26.5. The number of thioether (sulfide) groups is 2. The number of hydrogen-bond acceptors (Lipinski definition) is 18. The lowest BCUT2D eigenvalue weighted by atomic mass is 9.91. The molecule has 0 aliphatic carbocycles. The van der Waals surface area contributed by atoms with Gasteiger partial charge in [0.05, 0.1) is 33.9 Å². The van der Waals surface area contributed by atoms with Crippen LogP contribution in [0.3, 0.4) is 0 Å². The summed E-state index contributed by atoms with van der Waals surface area (Å²) in [6, 6.07) is 12.7. The zero-order valence-corrected chi connectivity index (χ0v) is 34.2. The average Bonchev–Trinajstić information content (AvgIpc) is 3.94. The van der Waals surface area contributed by atoms with Gasteiger partial charge >= 0.3 is 11.9 Å². The molecule has 0 bridgehead atoms. The summed E-state index contributed by atoms with van der Waals surface area (Å²) in [5.74, 6) is -0.283. The molecule has 0 saturated heterocycles. The first-order valence-electron chi connectivity index (χ1n) is 16.7. The number of hydrogen-bond donors (Lipinski definition) is 4. The number of carbonyl (C=O) groups is 2. The number of aromatic nitrogens is 8. The molecule has 22 heteroatoms. The fourth-order valence-corrected chi connectivity index (χ4v) is 8.47. The van der Waals surface area contributed by atoms with E-state index in [4.69, 9.17) is 11.5 Å². The van der Waals surface area contributed by atoms with Crippen LogP contribution in [0.15, 0.2) is 77.7 Å². The highest BCUT2D eigenvalue weighted by molar-refractivity contribution is 8.04. The number of carboxylic acid groups (broad SMARTS) is 2. The molecule has 2 aromatic carbocycles. The highest BCUT2D eigenvalue weighted by Crippen LogP contribution is 2.40. The third-order valence-electron chi connectivity index (χ3n) is 7.68. The van der Waals surface area contributed by atoms with Crippen LogP contribution in [-0.2, 0) is 10.8 Å². The van der Waals surface area contributed by atoms with Crippen molar-refractivity contribution in [1.82, 2.24) is 40.0 Å². The van der Waals surface area contributed by atoms with Gasteiger partial charge in [-0.2, -0.15) is 10.2 Å². The maximum atomic E-state index is 11.5. The third-order valence-corrected chi connectivity index (χ3v) is 11.8. The van der Waals surface area contributed by atoms with Gasteiger partial charge in [-0.1, -0.05) is 99.9 Å². The van der Waals surface area contributed by atoms with Gasteiger partial charge in [-0.25, -0.2) is 19.0 Å². The van der Waals surface area contributed by atoms with E-state index in [-0.39, 0.29) is 22.8 Å². The average molecular weight is 833 g/mol. The van der Waals surface area contributed by atoms with Crippen molar-refractivity contribution in [1.29, 1.82) is 0 Å². The van der Waals surface area contributed by atoms with E-state index in [9.17, 15) is 19.8 Å². The number of aromatic carboxylic acids is 2. The maximum absolute atomic E-state index is 11.5. The minimum atomic E-state index is -1.06. The second-order valence-electron chi connectivity index (χ2n) is 14.0. The molecule has 0 fully saturated rings. The number of nitrogens with zero attached hydrogens (tertiary/aromatic N) is 12. The third kappa shape index (κ3) is 9.09. The van der Waals surface area contributed by atoms with Crippen molar-refractivity contribution in [3.05, 3.63) is 71.0 Å². The molecular weight excluding hydrogens is 797 g/mol. The Morgan fingerprint density at radius 3 is 1.41 bits per heavy atom. The lowest BCUT2D eigenvalue weighted by Crippen LogP contribution is -2.13. The Balaban J connectivity index is 1.08. The summed E-state index contributed by atoms with van der Waals surface area (Å²) in [4.78, 5) is 23.1. The van der Waals surface area contributed by atoms with Crippen LogP contribution in [0.25, 0.3) is 11.4 Å². The number of azo groups is 2. The molecule has 290 valence electrons. The SMILES string of the molecule is CC(C)(C)c1nn(-c2cccc(C(=O)O)c2)c(N)c1/N=N/c1nnc(SCCSc2nnc(/N=N/c3c(C(C)(C)C)nn(-c4cccc(C(=O)O)c4)c3N)s2)s1. The molecule has 0 spiro atoms. The van der Waals surface area contributed by atoms with E-state index in [1.54, 1.807) is 24.3 Å². The molecule has 18 nitrogen and oxygen atoms in total. The number of rotatable bonds is 13. The monoisotopic (exact) mass is 832 g/mol. The molecule has 0 unspecified atom stereocenters. The van der Waals surface area contributed by atoms with Gasteiger partial charge in [0.2, 0.25) is 0 Å². The molecule has 0 radical (unpaired) electrons. The smallest absolute Gasteiger partial charge is 0.335 e. The zero-order valence-electron chi connectivity index (χ0n) is 30.9. The minimum Gasteiger partial charge on any atom is -0.478 e. The highest BCUT2D eigenvalue weighted by Gasteiger charge is 2.28. The molecule has 0 saturated carbocycles. The first-order valence-corrected chi connectivity index (χ1v) is 20.3. The van der Waals surface area contributed by atoms with Crippen LogP contribution in [0.1, 0.15) is 73.6 Å². The summed E-state index contributed by atoms with van der Waals surface area (Å²) < 4.78 is 4.34. The van der Waals surface area contributed by atoms with Gasteiger partial charge < -0.3 is 21.7 Å². The van der Waals surface area contributed by atoms with Crippen molar-refractivity contribution in [2.24, 2.45) is 20.5 Å². The topological polar surface area (TPSA) is 263 Å². The van der Waals surface area contributed by atoms with E-state index in [1.807, 2.05) is 41.5 Å². The van der Waals surface area contributed by atoms with Gasteiger partial charge in [0, 0.05) is 22.3 Å². The van der Waals surface area contributed by atoms with Crippen LogP contribution in [-0.4, -0.2) is 73.6 Å². The van der Waals surface area contributed by atoms with Crippen LogP contribution in [0.5, 0.6) is 0 Å². The standard InChI is InChI=1S/C34H36N14O4S4/c1-33(2,3)23-21(25(35)47(45-23)19-11-7-9-17(15-19)27(49)50)37-39-29-41-43-31(55-29)53-13-14-54-32-44-42-30(56-32)40-38-22-24(34(4,5)6)46-48(26(22)36)20-12-8-10-18(16-20)28(51)52/h7-12,15-16H,13-14,35-36H2,1-6H3,(H,49,50)(H,51,52)/b39-37+,40-38+. The molecule has 56 heavy (non-hydrogen) atoms. The second kappa shape index (κ2) is 16.3. The summed E-state index contributed by atoms with van der Waals surface area (Å²) in [7, 11) is 0. The molecule has 6 N–H and O–H groups in total. The normalized spacial score (nSPS) is 12.3. The van der Waals surface area contributed by atoms with Crippen molar-refractivity contribution in [2.45, 2.75) is 61.1 Å². The van der Waals surface area contributed by atoms with Crippen molar-refractivity contribution in [3.8, 4) is 11.4 Å². The van der Waals surface area contributed by atoms with Gasteiger partial charge in [-0.15, -0.1) is 40.9 Å². The number of benzene rings is 2. The lowest BCUT2D eigenvalue weighted by Gasteiger charge is -2.15. The Kier molecular flexibility index (Phi) is 11.6. The molecule has 0 amide bonds. The van der Waals surface area contributed by atoms with Gasteiger partial charge in [0.1, 0.15) is 0 Å². The largest absolute Gasteiger partial charge is 0.478 e. The quantitative estimate of drug-likeness (QED) is 0.0482. The maximum Gasteiger partial charge on any atom is 0.335 e. The van der Waals surface area contributed by atoms with Crippen LogP contribution in [0.2, 0.25) is 0 Å². The Morgan fingerprint density at radius 1 is 0.661 bits per heavy atom. The molecule has 0 atom stereocenters. The van der Waals surface area contributed by atoms with Gasteiger partial charge in [0.15, 0.2) is 31.7 Å². The fraction of sp³-hybridized carbons (Fsp3) is 0.294. The predicted octanol–water partition coefficient (Wildman–Crippen LogP) is 8.63. The zero-order chi connectivity index (χ0) is 40.4. The highest BCUT2D eigenvalue weighted by atomic mass is 32.2. The van der Waals surface area contributed by atoms with E-state index in [2.05, 4.69) is 51.0 Å². The Hall–Kier alpha value is -5.58. The van der Waals surface area contributed by atoms with E-state index < -0.39 is 22.8 Å². The summed E-state index contributed by atoms with van der Waals surface area (Å²) in [5.41, 5.74) is 15.2. The van der Waals surface area contributed by atoms with Gasteiger partial charge in [0.25, 0.3) is 10.3 Å². The number of carboxylic acids is 2. The second-order valence-corrected chi connectivity index (χ2v) is 18.6. The van der Waals surface area contributed by atoms with Crippen molar-refractivity contribution in [2.75, 3.05) is 23.0 Å². The van der Waals surface area contributed by atoms with Crippen molar-refractivity contribution < 1.29 is 19.8 Å². The van der Waals surface area contributed by atoms with Gasteiger partial charge in [-0.05, 0) is 36.4 Å². The fourth-order valence-electron chi connectivity index (χ4n) is 5.03. The van der Waals surface area contributed by atoms with Crippen LogP contribution < -0.4 is 11.5 Å². The van der Waals surface area contributed by atoms with Gasteiger partial charge in [-0.3, -0.25) is 0 Å². The Labute approximate surface area is 336 Å². The summed E-state index contributed by atoms with van der Waals surface area (Å²) in [6.07, 6.45) is 0. The number of nitrogen functional groups attached to an aromatic ring is 2. The number of nitrogens with two attached hydrogens (primary N) is 2. The summed E-state index contributed by atoms with van der Waals surface area (Å²) in [6.45, 7) is 11.8. The molecule has 6 rings (SSSR count). The summed E-state index contributed by atoms with van der Waals surface area (Å²) in [5, 5.41) is 63.1. The Morgan fingerprint density at radius 2 is 1.05 bits per heavy atom. The summed E-state index contributed by atoms with van der Waals surface area (Å²) >= 11 is 5.59. The molecule has 4 heterocycles. The first kappa shape index (κ1) is 40.1. The lowest BCUT2D eigenvalue weighted by molar-refractivity contribution is 0.0686. The minimum absolute atomic E-state index is 0.109. The molecular formula is C34H36N14O4S4. The van der Waals surface area contributed by atoms with E-state index in [1.165, 1.54) is 79.8 Å². The predicted molar refractivity (Wildman–Crippen MR) is 217 cm³/mol. The Bertz CT molecular complexity index is 2300. The molecule has 0 aliphatic rings. The number of anilines is 2. The molecule has 0 aliphatic heterocycles. The van der Waals surface area contributed by atoms with Crippen LogP contribution in [0, 0.1) is 0 Å². The van der Waals surface area contributed by atoms with Crippen LogP contribution in [0.4, 0.5) is 33.3 Å². The van der Waals surface area contributed by atoms with E-state index in [0.29, 0.717) is 64.6 Å². The van der Waals surface area contributed by atoms with Crippen molar-refractivity contribution in [3.63, 3.8) is 0 Å².